The van der Waals surface area contributed by atoms with Crippen molar-refractivity contribution in [1.29, 1.82) is 0 Å². The van der Waals surface area contributed by atoms with Crippen LogP contribution in [0.15, 0.2) is 18.3 Å². The van der Waals surface area contributed by atoms with E-state index in [4.69, 9.17) is 10.5 Å². The zero-order valence-electron chi connectivity index (χ0n) is 11.1. The van der Waals surface area contributed by atoms with E-state index in [2.05, 4.69) is 16.0 Å². The smallest absolute Gasteiger partial charge is 0.381 e. The third-order valence-electron chi connectivity index (χ3n) is 3.53. The SMILES string of the molecule is Cc1nc(OC(N)=O)sc1-c1ccnc(C2CCC2)c1. The van der Waals surface area contributed by atoms with Gasteiger partial charge in [-0.05, 0) is 37.5 Å². The number of pyridine rings is 1. The minimum Gasteiger partial charge on any atom is -0.381 e. The molecule has 1 saturated carbocycles. The standard InChI is InChI=1S/C14H15N3O2S/c1-8-12(20-14(17-8)19-13(15)18)10-5-6-16-11(7-10)9-3-2-4-9/h5-7,9H,2-4H2,1H3,(H2,15,18). The van der Waals surface area contributed by atoms with Crippen molar-refractivity contribution in [2.24, 2.45) is 5.73 Å². The van der Waals surface area contributed by atoms with E-state index in [9.17, 15) is 4.79 Å². The zero-order chi connectivity index (χ0) is 14.1. The number of carbonyl (C=O) groups excluding carboxylic acids is 1. The first-order valence-corrected chi connectivity index (χ1v) is 7.36. The highest BCUT2D eigenvalue weighted by Gasteiger charge is 2.21. The summed E-state index contributed by atoms with van der Waals surface area (Å²) < 4.78 is 4.84. The van der Waals surface area contributed by atoms with Crippen LogP contribution >= 0.6 is 11.3 Å². The predicted molar refractivity (Wildman–Crippen MR) is 76.9 cm³/mol. The van der Waals surface area contributed by atoms with Crippen molar-refractivity contribution in [3.8, 4) is 15.6 Å². The fourth-order valence-corrected chi connectivity index (χ4v) is 3.21. The second-order valence-corrected chi connectivity index (χ2v) is 5.87. The first-order chi connectivity index (χ1) is 9.63. The second-order valence-electron chi connectivity index (χ2n) is 4.91. The van der Waals surface area contributed by atoms with Crippen LogP contribution in [0.3, 0.4) is 0 Å². The van der Waals surface area contributed by atoms with Crippen LogP contribution in [0.1, 0.15) is 36.6 Å². The Bertz CT molecular complexity index is 650. The summed E-state index contributed by atoms with van der Waals surface area (Å²) in [7, 11) is 0. The molecule has 0 aliphatic heterocycles. The number of thiazole rings is 1. The fraction of sp³-hybridized carbons (Fsp3) is 0.357. The van der Waals surface area contributed by atoms with Crippen LogP contribution in [0.4, 0.5) is 4.79 Å². The molecular formula is C14H15N3O2S. The van der Waals surface area contributed by atoms with E-state index in [-0.39, 0.29) is 5.19 Å². The molecule has 0 spiro atoms. The molecule has 3 rings (SSSR count). The van der Waals surface area contributed by atoms with E-state index in [0.29, 0.717) is 5.92 Å². The molecule has 2 heterocycles. The average molecular weight is 289 g/mol. The minimum atomic E-state index is -0.838. The number of hydrogen-bond acceptors (Lipinski definition) is 5. The van der Waals surface area contributed by atoms with Gasteiger partial charge in [0.25, 0.3) is 5.19 Å². The first-order valence-electron chi connectivity index (χ1n) is 6.54. The zero-order valence-corrected chi connectivity index (χ0v) is 11.9. The summed E-state index contributed by atoms with van der Waals surface area (Å²) in [6.45, 7) is 1.89. The molecule has 104 valence electrons. The summed E-state index contributed by atoms with van der Waals surface area (Å²) in [5.74, 6) is 0.588. The number of primary amides is 1. The Hall–Kier alpha value is -1.95. The van der Waals surface area contributed by atoms with E-state index >= 15 is 0 Å². The summed E-state index contributed by atoms with van der Waals surface area (Å²) in [4.78, 5) is 20.4. The molecule has 2 aromatic heterocycles. The molecule has 0 unspecified atom stereocenters. The monoisotopic (exact) mass is 289 g/mol. The van der Waals surface area contributed by atoms with Gasteiger partial charge in [-0.15, -0.1) is 0 Å². The van der Waals surface area contributed by atoms with Gasteiger partial charge in [-0.3, -0.25) is 4.98 Å². The van der Waals surface area contributed by atoms with Gasteiger partial charge in [0, 0.05) is 17.8 Å². The van der Waals surface area contributed by atoms with Crippen LogP contribution < -0.4 is 10.5 Å². The molecule has 6 heteroatoms. The highest BCUT2D eigenvalue weighted by Crippen LogP contribution is 2.38. The molecule has 20 heavy (non-hydrogen) atoms. The Balaban J connectivity index is 1.91. The average Bonchev–Trinajstić information content (AvgIpc) is 2.67. The van der Waals surface area contributed by atoms with Crippen LogP contribution in [0.5, 0.6) is 5.19 Å². The highest BCUT2D eigenvalue weighted by atomic mass is 32.1. The third kappa shape index (κ3) is 2.51. The van der Waals surface area contributed by atoms with Crippen molar-refractivity contribution in [2.45, 2.75) is 32.1 Å². The highest BCUT2D eigenvalue weighted by molar-refractivity contribution is 7.17. The summed E-state index contributed by atoms with van der Waals surface area (Å²) in [6.07, 6.45) is 4.71. The van der Waals surface area contributed by atoms with Gasteiger partial charge in [0.2, 0.25) is 0 Å². The summed E-state index contributed by atoms with van der Waals surface area (Å²) in [5, 5.41) is 0.284. The summed E-state index contributed by atoms with van der Waals surface area (Å²) in [6, 6.07) is 4.06. The van der Waals surface area contributed by atoms with Crippen LogP contribution in [0.25, 0.3) is 10.4 Å². The maximum absolute atomic E-state index is 10.8. The largest absolute Gasteiger partial charge is 0.411 e. The van der Waals surface area contributed by atoms with Gasteiger partial charge in [0.05, 0.1) is 10.6 Å². The van der Waals surface area contributed by atoms with Gasteiger partial charge in [0.15, 0.2) is 0 Å². The lowest BCUT2D eigenvalue weighted by atomic mass is 9.82. The Morgan fingerprint density at radius 3 is 2.95 bits per heavy atom. The molecule has 0 bridgehead atoms. The number of aryl methyl sites for hydroxylation is 1. The van der Waals surface area contributed by atoms with E-state index in [1.165, 1.54) is 30.6 Å². The molecular weight excluding hydrogens is 274 g/mol. The molecule has 1 aliphatic rings. The Kier molecular flexibility index (Phi) is 3.40. The Labute approximate surface area is 120 Å². The van der Waals surface area contributed by atoms with E-state index in [1.54, 1.807) is 0 Å². The van der Waals surface area contributed by atoms with Gasteiger partial charge in [-0.2, -0.15) is 0 Å². The lowest BCUT2D eigenvalue weighted by molar-refractivity contribution is 0.210. The Morgan fingerprint density at radius 2 is 2.30 bits per heavy atom. The molecule has 1 aliphatic carbocycles. The van der Waals surface area contributed by atoms with Crippen molar-refractivity contribution in [3.63, 3.8) is 0 Å². The van der Waals surface area contributed by atoms with Gasteiger partial charge in [-0.25, -0.2) is 9.78 Å². The van der Waals surface area contributed by atoms with Crippen molar-refractivity contribution in [2.75, 3.05) is 0 Å². The fourth-order valence-electron chi connectivity index (χ4n) is 2.29. The lowest BCUT2D eigenvalue weighted by Gasteiger charge is -2.24. The number of amides is 1. The van der Waals surface area contributed by atoms with Crippen molar-refractivity contribution < 1.29 is 9.53 Å². The van der Waals surface area contributed by atoms with Gasteiger partial charge in [0.1, 0.15) is 0 Å². The van der Waals surface area contributed by atoms with Crippen molar-refractivity contribution in [1.82, 2.24) is 9.97 Å². The van der Waals surface area contributed by atoms with Crippen molar-refractivity contribution in [3.05, 3.63) is 29.7 Å². The topological polar surface area (TPSA) is 78.1 Å². The first kappa shape index (κ1) is 13.1. The van der Waals surface area contributed by atoms with Crippen LogP contribution in [0.2, 0.25) is 0 Å². The molecule has 0 radical (unpaired) electrons. The molecule has 0 saturated heterocycles. The molecule has 5 nitrogen and oxygen atoms in total. The van der Waals surface area contributed by atoms with Gasteiger partial charge < -0.3 is 10.5 Å². The summed E-state index contributed by atoms with van der Waals surface area (Å²) in [5.41, 5.74) is 8.04. The predicted octanol–water partition coefficient (Wildman–Crippen LogP) is 3.24. The third-order valence-corrected chi connectivity index (χ3v) is 4.62. The quantitative estimate of drug-likeness (QED) is 0.940. The number of hydrogen-bond donors (Lipinski definition) is 1. The van der Waals surface area contributed by atoms with Crippen LogP contribution in [-0.4, -0.2) is 16.1 Å². The lowest BCUT2D eigenvalue weighted by Crippen LogP contribution is -2.15. The normalized spacial score (nSPS) is 14.8. The maximum atomic E-state index is 10.8. The van der Waals surface area contributed by atoms with E-state index < -0.39 is 6.09 Å². The summed E-state index contributed by atoms with van der Waals surface area (Å²) >= 11 is 1.33. The number of nitrogens with two attached hydrogens (primary N) is 1. The molecule has 1 fully saturated rings. The van der Waals surface area contributed by atoms with Gasteiger partial charge >= 0.3 is 6.09 Å². The minimum absolute atomic E-state index is 0.284. The molecule has 2 aromatic rings. The van der Waals surface area contributed by atoms with Crippen LogP contribution in [0, 0.1) is 6.92 Å². The number of aromatic nitrogens is 2. The van der Waals surface area contributed by atoms with E-state index in [0.717, 1.165) is 21.8 Å². The second kappa shape index (κ2) is 5.20. The molecule has 1 amide bonds. The number of carbonyl (C=O) groups is 1. The van der Waals surface area contributed by atoms with Crippen LogP contribution in [-0.2, 0) is 0 Å². The number of nitrogens with zero attached hydrogens (tertiary/aromatic N) is 2. The number of ether oxygens (including phenoxy) is 1. The Morgan fingerprint density at radius 1 is 1.50 bits per heavy atom. The molecule has 2 N–H and O–H groups in total. The van der Waals surface area contributed by atoms with Crippen molar-refractivity contribution >= 4 is 17.4 Å². The molecule has 0 atom stereocenters. The van der Waals surface area contributed by atoms with Gasteiger partial charge in [-0.1, -0.05) is 17.8 Å². The molecule has 0 aromatic carbocycles. The van der Waals surface area contributed by atoms with E-state index in [1.807, 2.05) is 19.2 Å². The maximum Gasteiger partial charge on any atom is 0.411 e. The number of rotatable bonds is 3.